The molecule has 1 aromatic carbocycles. The standard InChI is InChI=1S/C18H24N4O/c1-14(16-8-9-16)22-17(10-11-19-22)20-18(23)13-21(2)12-15-6-4-3-5-7-15/h3-7,10-11,14,16H,8-9,12-13H2,1-2H3,(H,20,23). The first-order valence-electron chi connectivity index (χ1n) is 8.19. The average Bonchev–Trinajstić information content (AvgIpc) is 3.27. The van der Waals surface area contributed by atoms with E-state index < -0.39 is 0 Å². The number of nitrogens with zero attached hydrogens (tertiary/aromatic N) is 3. The zero-order valence-electron chi connectivity index (χ0n) is 13.8. The van der Waals surface area contributed by atoms with Gasteiger partial charge < -0.3 is 5.32 Å². The summed E-state index contributed by atoms with van der Waals surface area (Å²) in [6, 6.07) is 12.4. The Labute approximate surface area is 137 Å². The molecule has 3 rings (SSSR count). The van der Waals surface area contributed by atoms with Crippen LogP contribution in [0.3, 0.4) is 0 Å². The Morgan fingerprint density at radius 1 is 1.35 bits per heavy atom. The fourth-order valence-electron chi connectivity index (χ4n) is 2.89. The van der Waals surface area contributed by atoms with Crippen molar-refractivity contribution in [3.05, 3.63) is 48.2 Å². The van der Waals surface area contributed by atoms with Gasteiger partial charge in [-0.3, -0.25) is 9.69 Å². The van der Waals surface area contributed by atoms with Gasteiger partial charge in [0.15, 0.2) is 0 Å². The summed E-state index contributed by atoms with van der Waals surface area (Å²) in [6.45, 7) is 3.28. The van der Waals surface area contributed by atoms with E-state index in [1.807, 2.05) is 40.9 Å². The fourth-order valence-corrected chi connectivity index (χ4v) is 2.89. The number of benzene rings is 1. The molecule has 1 aliphatic carbocycles. The monoisotopic (exact) mass is 312 g/mol. The molecular weight excluding hydrogens is 288 g/mol. The molecule has 1 aromatic heterocycles. The third-order valence-corrected chi connectivity index (χ3v) is 4.34. The van der Waals surface area contributed by atoms with E-state index in [2.05, 4.69) is 29.5 Å². The smallest absolute Gasteiger partial charge is 0.239 e. The maximum atomic E-state index is 12.3. The lowest BCUT2D eigenvalue weighted by Gasteiger charge is -2.18. The van der Waals surface area contributed by atoms with Gasteiger partial charge in [-0.05, 0) is 38.3 Å². The van der Waals surface area contributed by atoms with Gasteiger partial charge in [0.2, 0.25) is 5.91 Å². The molecule has 23 heavy (non-hydrogen) atoms. The molecular formula is C18H24N4O. The molecule has 1 heterocycles. The SMILES string of the molecule is CC(C1CC1)n1nccc1NC(=O)CN(C)Cc1ccccc1. The van der Waals surface area contributed by atoms with Crippen LogP contribution in [-0.2, 0) is 11.3 Å². The Bertz CT molecular complexity index is 648. The largest absolute Gasteiger partial charge is 0.310 e. The molecule has 0 saturated heterocycles. The summed E-state index contributed by atoms with van der Waals surface area (Å²) in [7, 11) is 1.96. The van der Waals surface area contributed by atoms with Crippen LogP contribution in [0.25, 0.3) is 0 Å². The summed E-state index contributed by atoms with van der Waals surface area (Å²) in [6.07, 6.45) is 4.27. The summed E-state index contributed by atoms with van der Waals surface area (Å²) in [5.74, 6) is 1.49. The van der Waals surface area contributed by atoms with Crippen molar-refractivity contribution in [3.8, 4) is 0 Å². The van der Waals surface area contributed by atoms with Crippen LogP contribution in [0, 0.1) is 5.92 Å². The summed E-state index contributed by atoms with van der Waals surface area (Å²) in [5.41, 5.74) is 1.20. The highest BCUT2D eigenvalue weighted by atomic mass is 16.2. The lowest BCUT2D eigenvalue weighted by molar-refractivity contribution is -0.117. The van der Waals surface area contributed by atoms with Crippen molar-refractivity contribution in [1.82, 2.24) is 14.7 Å². The highest BCUT2D eigenvalue weighted by molar-refractivity contribution is 5.91. The molecule has 1 aliphatic rings. The van der Waals surface area contributed by atoms with Crippen LogP contribution >= 0.6 is 0 Å². The molecule has 0 bridgehead atoms. The van der Waals surface area contributed by atoms with Crippen molar-refractivity contribution < 1.29 is 4.79 Å². The van der Waals surface area contributed by atoms with E-state index >= 15 is 0 Å². The second kappa shape index (κ2) is 6.96. The van der Waals surface area contributed by atoms with Crippen LogP contribution < -0.4 is 5.32 Å². The second-order valence-electron chi connectivity index (χ2n) is 6.45. The lowest BCUT2D eigenvalue weighted by Crippen LogP contribution is -2.30. The molecule has 5 nitrogen and oxygen atoms in total. The zero-order valence-corrected chi connectivity index (χ0v) is 13.8. The molecule has 0 aliphatic heterocycles. The lowest BCUT2D eigenvalue weighted by atomic mass is 10.2. The molecule has 1 fully saturated rings. The number of amides is 1. The van der Waals surface area contributed by atoms with Gasteiger partial charge in [0.25, 0.3) is 0 Å². The van der Waals surface area contributed by atoms with Crippen LogP contribution in [-0.4, -0.2) is 34.2 Å². The molecule has 2 aromatic rings. The minimum atomic E-state index is -0.00632. The average molecular weight is 312 g/mol. The van der Waals surface area contributed by atoms with E-state index in [1.54, 1.807) is 6.20 Å². The quantitative estimate of drug-likeness (QED) is 0.855. The van der Waals surface area contributed by atoms with Gasteiger partial charge in [-0.25, -0.2) is 4.68 Å². The van der Waals surface area contributed by atoms with Gasteiger partial charge in [-0.15, -0.1) is 0 Å². The normalized spacial score (nSPS) is 15.6. The maximum absolute atomic E-state index is 12.3. The molecule has 1 amide bonds. The van der Waals surface area contributed by atoms with Gasteiger partial charge in [-0.1, -0.05) is 30.3 Å². The second-order valence-corrected chi connectivity index (χ2v) is 6.45. The highest BCUT2D eigenvalue weighted by Gasteiger charge is 2.30. The first kappa shape index (κ1) is 15.7. The van der Waals surface area contributed by atoms with E-state index in [-0.39, 0.29) is 5.91 Å². The molecule has 0 radical (unpaired) electrons. The van der Waals surface area contributed by atoms with Crippen molar-refractivity contribution in [2.24, 2.45) is 5.92 Å². The fraction of sp³-hybridized carbons (Fsp3) is 0.444. The summed E-state index contributed by atoms with van der Waals surface area (Å²) in [4.78, 5) is 14.3. The van der Waals surface area contributed by atoms with E-state index in [0.29, 0.717) is 18.5 Å². The first-order valence-corrected chi connectivity index (χ1v) is 8.19. The van der Waals surface area contributed by atoms with Gasteiger partial charge in [0, 0.05) is 12.6 Å². The van der Waals surface area contributed by atoms with Crippen molar-refractivity contribution in [1.29, 1.82) is 0 Å². The van der Waals surface area contributed by atoms with Gasteiger partial charge in [-0.2, -0.15) is 5.10 Å². The minimum absolute atomic E-state index is 0.00632. The zero-order chi connectivity index (χ0) is 16.2. The van der Waals surface area contributed by atoms with E-state index in [9.17, 15) is 4.79 Å². The third-order valence-electron chi connectivity index (χ3n) is 4.34. The molecule has 1 atom stereocenters. The topological polar surface area (TPSA) is 50.2 Å². The van der Waals surface area contributed by atoms with Gasteiger partial charge in [0.05, 0.1) is 18.8 Å². The number of carbonyl (C=O) groups is 1. The summed E-state index contributed by atoms with van der Waals surface area (Å²) in [5, 5.41) is 7.36. The predicted molar refractivity (Wildman–Crippen MR) is 91.1 cm³/mol. The van der Waals surface area contributed by atoms with Crippen LogP contribution in [0.4, 0.5) is 5.82 Å². The Balaban J connectivity index is 1.54. The van der Waals surface area contributed by atoms with Gasteiger partial charge in [0.1, 0.15) is 5.82 Å². The molecule has 1 N–H and O–H groups in total. The van der Waals surface area contributed by atoms with E-state index in [1.165, 1.54) is 18.4 Å². The van der Waals surface area contributed by atoms with Crippen LogP contribution in [0.2, 0.25) is 0 Å². The number of likely N-dealkylation sites (N-methyl/N-ethyl adjacent to an activating group) is 1. The maximum Gasteiger partial charge on any atom is 0.239 e. The number of hydrogen-bond acceptors (Lipinski definition) is 3. The van der Waals surface area contributed by atoms with Crippen LogP contribution in [0.1, 0.15) is 31.4 Å². The Morgan fingerprint density at radius 3 is 2.78 bits per heavy atom. The molecule has 1 unspecified atom stereocenters. The van der Waals surface area contributed by atoms with Crippen molar-refractivity contribution >= 4 is 11.7 Å². The summed E-state index contributed by atoms with van der Waals surface area (Å²) < 4.78 is 1.94. The Hall–Kier alpha value is -2.14. The number of aromatic nitrogens is 2. The van der Waals surface area contributed by atoms with Gasteiger partial charge >= 0.3 is 0 Å². The van der Waals surface area contributed by atoms with Crippen LogP contribution in [0.15, 0.2) is 42.6 Å². The predicted octanol–water partition coefficient (Wildman–Crippen LogP) is 2.92. The number of carbonyl (C=O) groups excluding carboxylic acids is 1. The Kier molecular flexibility index (Phi) is 4.76. The molecule has 122 valence electrons. The summed E-state index contributed by atoms with van der Waals surface area (Å²) >= 11 is 0. The number of rotatable bonds is 7. The first-order chi connectivity index (χ1) is 11.1. The van der Waals surface area contributed by atoms with Crippen molar-refractivity contribution in [3.63, 3.8) is 0 Å². The molecule has 5 heteroatoms. The van der Waals surface area contributed by atoms with Crippen molar-refractivity contribution in [2.45, 2.75) is 32.4 Å². The molecule has 0 spiro atoms. The Morgan fingerprint density at radius 2 is 2.09 bits per heavy atom. The van der Waals surface area contributed by atoms with Crippen LogP contribution in [0.5, 0.6) is 0 Å². The van der Waals surface area contributed by atoms with E-state index in [0.717, 1.165) is 12.4 Å². The molecule has 1 saturated carbocycles. The minimum Gasteiger partial charge on any atom is -0.310 e. The highest BCUT2D eigenvalue weighted by Crippen LogP contribution is 2.40. The van der Waals surface area contributed by atoms with Crippen molar-refractivity contribution in [2.75, 3.05) is 18.9 Å². The number of hydrogen-bond donors (Lipinski definition) is 1. The third kappa shape index (κ3) is 4.20. The van der Waals surface area contributed by atoms with E-state index in [4.69, 9.17) is 0 Å². The number of anilines is 1. The number of nitrogens with one attached hydrogen (secondary N) is 1.